The van der Waals surface area contributed by atoms with Gasteiger partial charge < -0.3 is 20.5 Å². The summed E-state index contributed by atoms with van der Waals surface area (Å²) in [6.45, 7) is 16.5. The second-order valence-electron chi connectivity index (χ2n) is 6.92. The van der Waals surface area contributed by atoms with Crippen LogP contribution < -0.4 is 15.4 Å². The highest BCUT2D eigenvalue weighted by molar-refractivity contribution is 14.0. The van der Waals surface area contributed by atoms with E-state index in [1.807, 2.05) is 45.0 Å². The summed E-state index contributed by atoms with van der Waals surface area (Å²) in [6.07, 6.45) is -0.470. The molecule has 0 saturated heterocycles. The van der Waals surface area contributed by atoms with Crippen molar-refractivity contribution < 1.29 is 9.84 Å². The van der Waals surface area contributed by atoms with Crippen molar-refractivity contribution in [1.29, 1.82) is 0 Å². The smallest absolute Gasteiger partial charge is 0.191 e. The van der Waals surface area contributed by atoms with Gasteiger partial charge in [0.15, 0.2) is 5.96 Å². The van der Waals surface area contributed by atoms with Crippen LogP contribution in [-0.2, 0) is 0 Å². The number of rotatable bonds is 11. The number of benzene rings is 1. The first kappa shape index (κ1) is 26.9. The second-order valence-corrected chi connectivity index (χ2v) is 6.92. The number of hydrogen-bond acceptors (Lipinski definition) is 4. The molecule has 0 aliphatic carbocycles. The predicted octanol–water partition coefficient (Wildman–Crippen LogP) is 3.41. The van der Waals surface area contributed by atoms with E-state index >= 15 is 0 Å². The van der Waals surface area contributed by atoms with Crippen LogP contribution in [0.1, 0.15) is 53.2 Å². The Kier molecular flexibility index (Phi) is 14.3. The lowest BCUT2D eigenvalue weighted by Gasteiger charge is -2.25. The minimum absolute atomic E-state index is 0. The van der Waals surface area contributed by atoms with Crippen molar-refractivity contribution in [2.45, 2.75) is 59.8 Å². The zero-order chi connectivity index (χ0) is 20.2. The summed E-state index contributed by atoms with van der Waals surface area (Å²) < 4.78 is 5.64. The molecule has 28 heavy (non-hydrogen) atoms. The van der Waals surface area contributed by atoms with Gasteiger partial charge in [-0.25, -0.2) is 0 Å². The van der Waals surface area contributed by atoms with Gasteiger partial charge in [-0.3, -0.25) is 9.89 Å². The lowest BCUT2D eigenvalue weighted by Crippen LogP contribution is -2.41. The second kappa shape index (κ2) is 14.9. The van der Waals surface area contributed by atoms with E-state index in [0.29, 0.717) is 19.1 Å². The molecule has 0 saturated carbocycles. The molecule has 1 aromatic carbocycles. The van der Waals surface area contributed by atoms with Gasteiger partial charge >= 0.3 is 0 Å². The SMILES string of the molecule is CCNC(=NCC(C)N(CC)CC)NCC(O)c1ccc(OC(C)C)cc1.I. The molecule has 6 nitrogen and oxygen atoms in total. The lowest BCUT2D eigenvalue weighted by molar-refractivity contribution is 0.180. The molecule has 0 fully saturated rings. The summed E-state index contributed by atoms with van der Waals surface area (Å²) in [4.78, 5) is 7.04. The van der Waals surface area contributed by atoms with Gasteiger partial charge in [0.1, 0.15) is 5.75 Å². The van der Waals surface area contributed by atoms with Crippen LogP contribution in [0.25, 0.3) is 0 Å². The van der Waals surface area contributed by atoms with E-state index in [9.17, 15) is 5.11 Å². The molecule has 2 unspecified atom stereocenters. The number of hydrogen-bond donors (Lipinski definition) is 3. The maximum absolute atomic E-state index is 10.5. The normalized spacial score (nSPS) is 13.8. The molecule has 0 aromatic heterocycles. The van der Waals surface area contributed by atoms with Gasteiger partial charge in [-0.1, -0.05) is 26.0 Å². The fraction of sp³-hybridized carbons (Fsp3) is 0.667. The molecule has 1 aromatic rings. The van der Waals surface area contributed by atoms with Crippen molar-refractivity contribution in [2.75, 3.05) is 32.7 Å². The summed E-state index contributed by atoms with van der Waals surface area (Å²) in [7, 11) is 0. The summed E-state index contributed by atoms with van der Waals surface area (Å²) in [5, 5.41) is 16.9. The number of nitrogens with one attached hydrogen (secondary N) is 2. The minimum Gasteiger partial charge on any atom is -0.491 e. The zero-order valence-electron chi connectivity index (χ0n) is 18.2. The summed E-state index contributed by atoms with van der Waals surface area (Å²) in [5.41, 5.74) is 0.853. The third-order valence-corrected chi connectivity index (χ3v) is 4.39. The van der Waals surface area contributed by atoms with Gasteiger partial charge in [-0.2, -0.15) is 0 Å². The first-order valence-electron chi connectivity index (χ1n) is 10.1. The lowest BCUT2D eigenvalue weighted by atomic mass is 10.1. The van der Waals surface area contributed by atoms with E-state index < -0.39 is 6.10 Å². The van der Waals surface area contributed by atoms with Crippen molar-refractivity contribution in [3.05, 3.63) is 29.8 Å². The first-order chi connectivity index (χ1) is 12.9. The molecule has 0 bridgehead atoms. The van der Waals surface area contributed by atoms with Crippen LogP contribution in [0.5, 0.6) is 5.75 Å². The van der Waals surface area contributed by atoms with E-state index in [1.54, 1.807) is 0 Å². The fourth-order valence-electron chi connectivity index (χ4n) is 2.88. The van der Waals surface area contributed by atoms with Gasteiger partial charge in [0, 0.05) is 19.1 Å². The molecule has 0 radical (unpaired) electrons. The van der Waals surface area contributed by atoms with Crippen molar-refractivity contribution in [3.8, 4) is 5.75 Å². The van der Waals surface area contributed by atoms with Gasteiger partial charge in [-0.05, 0) is 58.5 Å². The minimum atomic E-state index is -0.609. The van der Waals surface area contributed by atoms with Gasteiger partial charge in [0.05, 0.1) is 18.8 Å². The molecule has 2 atom stereocenters. The van der Waals surface area contributed by atoms with Crippen LogP contribution in [0.15, 0.2) is 29.3 Å². The molecule has 7 heteroatoms. The fourth-order valence-corrected chi connectivity index (χ4v) is 2.88. The Morgan fingerprint density at radius 2 is 1.68 bits per heavy atom. The summed E-state index contributed by atoms with van der Waals surface area (Å²) >= 11 is 0. The monoisotopic (exact) mass is 506 g/mol. The summed E-state index contributed by atoms with van der Waals surface area (Å²) in [5.74, 6) is 1.55. The summed E-state index contributed by atoms with van der Waals surface area (Å²) in [6, 6.07) is 7.97. The van der Waals surface area contributed by atoms with E-state index in [2.05, 4.69) is 41.3 Å². The number of halogens is 1. The van der Waals surface area contributed by atoms with Crippen LogP contribution in [0.2, 0.25) is 0 Å². The molecule has 0 aliphatic heterocycles. The number of likely N-dealkylation sites (N-methyl/N-ethyl adjacent to an activating group) is 1. The van der Waals surface area contributed by atoms with E-state index in [1.165, 1.54) is 0 Å². The zero-order valence-corrected chi connectivity index (χ0v) is 20.6. The molecule has 1 rings (SSSR count). The molecule has 0 amide bonds. The molecule has 0 aliphatic rings. The quantitative estimate of drug-likeness (QED) is 0.244. The third-order valence-electron chi connectivity index (χ3n) is 4.39. The van der Waals surface area contributed by atoms with Crippen LogP contribution in [0, 0.1) is 0 Å². The van der Waals surface area contributed by atoms with Gasteiger partial charge in [0.25, 0.3) is 0 Å². The Bertz CT molecular complexity index is 548. The van der Waals surface area contributed by atoms with E-state index in [4.69, 9.17) is 4.74 Å². The van der Waals surface area contributed by atoms with E-state index in [-0.39, 0.29) is 30.1 Å². The largest absolute Gasteiger partial charge is 0.491 e. The maximum atomic E-state index is 10.5. The first-order valence-corrected chi connectivity index (χ1v) is 10.1. The molecular weight excluding hydrogens is 467 g/mol. The Balaban J connectivity index is 0.00000729. The molecule has 3 N–H and O–H groups in total. The van der Waals surface area contributed by atoms with Crippen molar-refractivity contribution in [2.24, 2.45) is 4.99 Å². The van der Waals surface area contributed by atoms with Crippen LogP contribution in [0.4, 0.5) is 0 Å². The third kappa shape index (κ3) is 9.93. The molecule has 162 valence electrons. The van der Waals surface area contributed by atoms with Crippen molar-refractivity contribution in [1.82, 2.24) is 15.5 Å². The predicted molar refractivity (Wildman–Crippen MR) is 129 cm³/mol. The van der Waals surface area contributed by atoms with Crippen LogP contribution in [-0.4, -0.2) is 60.8 Å². The van der Waals surface area contributed by atoms with Crippen molar-refractivity contribution >= 4 is 29.9 Å². The Hall–Kier alpha value is -1.06. The average Bonchev–Trinajstić information content (AvgIpc) is 2.64. The van der Waals surface area contributed by atoms with Crippen LogP contribution >= 0.6 is 24.0 Å². The van der Waals surface area contributed by atoms with Crippen LogP contribution in [0.3, 0.4) is 0 Å². The van der Waals surface area contributed by atoms with Gasteiger partial charge in [-0.15, -0.1) is 24.0 Å². The number of guanidine groups is 1. The number of aliphatic imine (C=N–C) groups is 1. The molecule has 0 spiro atoms. The standard InChI is InChI=1S/C21H38N4O2.HI/c1-7-22-21(23-14-17(6)25(8-2)9-3)24-15-20(26)18-10-12-19(13-11-18)27-16(4)5;/h10-13,16-17,20,26H,7-9,14-15H2,1-6H3,(H2,22,23,24);1H. The highest BCUT2D eigenvalue weighted by atomic mass is 127. The average molecular weight is 506 g/mol. The Morgan fingerprint density at radius 1 is 1.07 bits per heavy atom. The molecular formula is C21H39IN4O2. The highest BCUT2D eigenvalue weighted by Gasteiger charge is 2.11. The molecule has 0 heterocycles. The Morgan fingerprint density at radius 3 is 2.18 bits per heavy atom. The van der Waals surface area contributed by atoms with E-state index in [0.717, 1.165) is 36.9 Å². The maximum Gasteiger partial charge on any atom is 0.191 e. The number of aliphatic hydroxyl groups is 1. The Labute approximate surface area is 188 Å². The topological polar surface area (TPSA) is 69.1 Å². The highest BCUT2D eigenvalue weighted by Crippen LogP contribution is 2.18. The number of ether oxygens (including phenoxy) is 1. The van der Waals surface area contributed by atoms with Gasteiger partial charge in [0.2, 0.25) is 0 Å². The number of nitrogens with zero attached hydrogens (tertiary/aromatic N) is 2. The number of aliphatic hydroxyl groups excluding tert-OH is 1. The van der Waals surface area contributed by atoms with Crippen molar-refractivity contribution in [3.63, 3.8) is 0 Å².